The van der Waals surface area contributed by atoms with Crippen molar-refractivity contribution in [2.75, 3.05) is 26.2 Å². The van der Waals surface area contributed by atoms with Gasteiger partial charge in [0, 0.05) is 44.3 Å². The Hall–Kier alpha value is -3.57. The van der Waals surface area contributed by atoms with Gasteiger partial charge in [0.15, 0.2) is 0 Å². The summed E-state index contributed by atoms with van der Waals surface area (Å²) in [6.07, 6.45) is 2.82. The van der Waals surface area contributed by atoms with Gasteiger partial charge in [-0.2, -0.15) is 0 Å². The van der Waals surface area contributed by atoms with Crippen LogP contribution in [0.4, 0.5) is 0 Å². The van der Waals surface area contributed by atoms with Crippen LogP contribution in [0.5, 0.6) is 0 Å². The lowest BCUT2D eigenvalue weighted by Crippen LogP contribution is -2.48. The number of rotatable bonds is 5. The first-order valence-electron chi connectivity index (χ1n) is 12.0. The Morgan fingerprint density at radius 2 is 1.65 bits per heavy atom. The number of benzene rings is 2. The topological polar surface area (TPSA) is 49.3 Å². The van der Waals surface area contributed by atoms with Gasteiger partial charge < -0.3 is 4.90 Å². The maximum Gasteiger partial charge on any atom is 0.254 e. The highest BCUT2D eigenvalue weighted by atomic mass is 16.2. The van der Waals surface area contributed by atoms with Crippen molar-refractivity contribution in [1.82, 2.24) is 19.8 Å². The zero-order valence-electron chi connectivity index (χ0n) is 19.9. The standard InChI is InChI=1S/C29H30N4O/c1-3-22-8-10-23(11-9-22)20-32-14-16-33(17-15-32)29(34)25-19-28(27-6-4-5-13-30-27)31-26-12-7-21(2)18-24(25)26/h4-13,18-19H,3,14-17,20H2,1-2H3. The molecule has 5 nitrogen and oxygen atoms in total. The summed E-state index contributed by atoms with van der Waals surface area (Å²) in [6, 6.07) is 22.6. The highest BCUT2D eigenvalue weighted by molar-refractivity contribution is 6.07. The van der Waals surface area contributed by atoms with Crippen LogP contribution in [-0.2, 0) is 13.0 Å². The Balaban J connectivity index is 1.36. The van der Waals surface area contributed by atoms with Crippen molar-refractivity contribution in [3.63, 3.8) is 0 Å². The molecule has 1 fully saturated rings. The van der Waals surface area contributed by atoms with Crippen molar-refractivity contribution in [3.05, 3.63) is 95.2 Å². The zero-order valence-corrected chi connectivity index (χ0v) is 19.9. The summed E-state index contributed by atoms with van der Waals surface area (Å²) in [5.74, 6) is 0.0714. The predicted molar refractivity (Wildman–Crippen MR) is 137 cm³/mol. The molecule has 1 amide bonds. The molecule has 0 aliphatic carbocycles. The lowest BCUT2D eigenvalue weighted by atomic mass is 10.0. The van der Waals surface area contributed by atoms with Gasteiger partial charge >= 0.3 is 0 Å². The molecular formula is C29H30N4O. The van der Waals surface area contributed by atoms with Crippen molar-refractivity contribution in [2.45, 2.75) is 26.8 Å². The first kappa shape index (κ1) is 22.2. The summed E-state index contributed by atoms with van der Waals surface area (Å²) in [5, 5.41) is 0.906. The van der Waals surface area contributed by atoms with Crippen molar-refractivity contribution >= 4 is 16.8 Å². The second-order valence-corrected chi connectivity index (χ2v) is 9.03. The molecule has 1 aliphatic rings. The number of aryl methyl sites for hydroxylation is 2. The van der Waals surface area contributed by atoms with E-state index in [9.17, 15) is 4.79 Å². The summed E-state index contributed by atoms with van der Waals surface area (Å²) < 4.78 is 0. The third-order valence-electron chi connectivity index (χ3n) is 6.62. The van der Waals surface area contributed by atoms with Gasteiger partial charge in [-0.05, 0) is 54.8 Å². The van der Waals surface area contributed by atoms with Crippen LogP contribution in [-0.4, -0.2) is 51.9 Å². The van der Waals surface area contributed by atoms with Crippen LogP contribution < -0.4 is 0 Å². The van der Waals surface area contributed by atoms with Crippen molar-refractivity contribution in [1.29, 1.82) is 0 Å². The quantitative estimate of drug-likeness (QED) is 0.423. The Morgan fingerprint density at radius 1 is 0.882 bits per heavy atom. The molecule has 0 saturated carbocycles. The monoisotopic (exact) mass is 450 g/mol. The van der Waals surface area contributed by atoms with E-state index in [2.05, 4.69) is 47.1 Å². The Labute approximate surface area is 201 Å². The summed E-state index contributed by atoms with van der Waals surface area (Å²) in [6.45, 7) is 8.34. The Morgan fingerprint density at radius 3 is 2.35 bits per heavy atom. The van der Waals surface area contributed by atoms with Crippen molar-refractivity contribution < 1.29 is 4.79 Å². The second kappa shape index (κ2) is 9.74. The van der Waals surface area contributed by atoms with E-state index in [1.165, 1.54) is 11.1 Å². The highest BCUT2D eigenvalue weighted by Crippen LogP contribution is 2.26. The molecule has 34 heavy (non-hydrogen) atoms. The summed E-state index contributed by atoms with van der Waals surface area (Å²) in [4.78, 5) is 27.4. The van der Waals surface area contributed by atoms with E-state index in [-0.39, 0.29) is 5.91 Å². The van der Waals surface area contributed by atoms with Crippen LogP contribution in [0.3, 0.4) is 0 Å². The van der Waals surface area contributed by atoms with Crippen molar-refractivity contribution in [3.8, 4) is 11.4 Å². The average molecular weight is 451 g/mol. The molecule has 5 heteroatoms. The molecule has 0 spiro atoms. The molecule has 2 aromatic carbocycles. The van der Waals surface area contributed by atoms with E-state index in [0.29, 0.717) is 5.56 Å². The van der Waals surface area contributed by atoms with E-state index >= 15 is 0 Å². The molecule has 1 saturated heterocycles. The number of pyridine rings is 2. The second-order valence-electron chi connectivity index (χ2n) is 9.03. The van der Waals surface area contributed by atoms with Gasteiger partial charge in [-0.3, -0.25) is 14.7 Å². The predicted octanol–water partition coefficient (Wildman–Crippen LogP) is 5.13. The average Bonchev–Trinajstić information content (AvgIpc) is 2.89. The molecule has 2 aromatic heterocycles. The molecule has 0 unspecified atom stereocenters. The van der Waals surface area contributed by atoms with Crippen LogP contribution in [0, 0.1) is 6.92 Å². The number of hydrogen-bond donors (Lipinski definition) is 0. The van der Waals surface area contributed by atoms with Gasteiger partial charge in [-0.15, -0.1) is 0 Å². The van der Waals surface area contributed by atoms with Gasteiger partial charge in [0.2, 0.25) is 0 Å². The van der Waals surface area contributed by atoms with Gasteiger partial charge in [0.25, 0.3) is 5.91 Å². The van der Waals surface area contributed by atoms with E-state index < -0.39 is 0 Å². The maximum absolute atomic E-state index is 13.7. The number of aromatic nitrogens is 2. The van der Waals surface area contributed by atoms with Crippen molar-refractivity contribution in [2.24, 2.45) is 0 Å². The van der Waals surface area contributed by atoms with Crippen LogP contribution in [0.1, 0.15) is 34.0 Å². The van der Waals surface area contributed by atoms with Gasteiger partial charge in [-0.1, -0.05) is 48.9 Å². The van der Waals surface area contributed by atoms with Crippen LogP contribution in [0.2, 0.25) is 0 Å². The largest absolute Gasteiger partial charge is 0.336 e. The lowest BCUT2D eigenvalue weighted by Gasteiger charge is -2.35. The first-order chi connectivity index (χ1) is 16.6. The lowest BCUT2D eigenvalue weighted by molar-refractivity contribution is 0.0630. The van der Waals surface area contributed by atoms with Gasteiger partial charge in [-0.25, -0.2) is 4.98 Å². The number of piperazine rings is 1. The molecule has 0 atom stereocenters. The number of carbonyl (C=O) groups excluding carboxylic acids is 1. The fourth-order valence-electron chi connectivity index (χ4n) is 4.58. The Kier molecular flexibility index (Phi) is 6.37. The molecule has 3 heterocycles. The zero-order chi connectivity index (χ0) is 23.5. The van der Waals surface area contributed by atoms with E-state index in [0.717, 1.165) is 67.0 Å². The highest BCUT2D eigenvalue weighted by Gasteiger charge is 2.24. The van der Waals surface area contributed by atoms with E-state index in [1.807, 2.05) is 48.2 Å². The van der Waals surface area contributed by atoms with E-state index in [1.54, 1.807) is 6.20 Å². The third kappa shape index (κ3) is 4.70. The molecular weight excluding hydrogens is 420 g/mol. The maximum atomic E-state index is 13.7. The summed E-state index contributed by atoms with van der Waals surface area (Å²) in [5.41, 5.74) is 6.85. The minimum atomic E-state index is 0.0714. The number of hydrogen-bond acceptors (Lipinski definition) is 4. The fraction of sp³-hybridized carbons (Fsp3) is 0.276. The SMILES string of the molecule is CCc1ccc(CN2CCN(C(=O)c3cc(-c4ccccn4)nc4ccc(C)cc34)CC2)cc1. The third-order valence-corrected chi connectivity index (χ3v) is 6.62. The molecule has 1 aliphatic heterocycles. The van der Waals surface area contributed by atoms with Crippen LogP contribution in [0.15, 0.2) is 72.9 Å². The summed E-state index contributed by atoms with van der Waals surface area (Å²) >= 11 is 0. The van der Waals surface area contributed by atoms with Crippen LogP contribution >= 0.6 is 0 Å². The fourth-order valence-corrected chi connectivity index (χ4v) is 4.58. The minimum Gasteiger partial charge on any atom is -0.336 e. The molecule has 0 N–H and O–H groups in total. The van der Waals surface area contributed by atoms with Crippen LogP contribution in [0.25, 0.3) is 22.3 Å². The van der Waals surface area contributed by atoms with E-state index in [4.69, 9.17) is 4.98 Å². The molecule has 0 radical (unpaired) electrons. The normalized spacial score (nSPS) is 14.5. The number of carbonyl (C=O) groups is 1. The Bertz CT molecular complexity index is 1290. The summed E-state index contributed by atoms with van der Waals surface area (Å²) in [7, 11) is 0. The van der Waals surface area contributed by atoms with Gasteiger partial charge in [0.05, 0.1) is 22.5 Å². The molecule has 172 valence electrons. The molecule has 0 bridgehead atoms. The van der Waals surface area contributed by atoms with Gasteiger partial charge in [0.1, 0.15) is 0 Å². The smallest absolute Gasteiger partial charge is 0.254 e. The number of fused-ring (bicyclic) bond motifs is 1. The minimum absolute atomic E-state index is 0.0714. The first-order valence-corrected chi connectivity index (χ1v) is 12.0. The number of amides is 1. The molecule has 5 rings (SSSR count). The number of nitrogens with zero attached hydrogens (tertiary/aromatic N) is 4. The molecule has 4 aromatic rings.